The van der Waals surface area contributed by atoms with E-state index in [1.165, 1.54) is 28.9 Å². The lowest BCUT2D eigenvalue weighted by atomic mass is 10.1. The van der Waals surface area contributed by atoms with Crippen molar-refractivity contribution in [1.29, 1.82) is 0 Å². The van der Waals surface area contributed by atoms with Crippen LogP contribution in [0, 0.1) is 25.5 Å². The predicted octanol–water partition coefficient (Wildman–Crippen LogP) is 6.41. The van der Waals surface area contributed by atoms with Crippen molar-refractivity contribution in [2.75, 3.05) is 5.32 Å². The number of fused-ring (bicyclic) bond motifs is 1. The fourth-order valence-electron chi connectivity index (χ4n) is 3.58. The van der Waals surface area contributed by atoms with Crippen molar-refractivity contribution in [1.82, 2.24) is 14.8 Å². The van der Waals surface area contributed by atoms with E-state index in [9.17, 15) is 26.7 Å². The zero-order valence-corrected chi connectivity index (χ0v) is 19.4. The van der Waals surface area contributed by atoms with Crippen LogP contribution in [0.4, 0.5) is 27.6 Å². The van der Waals surface area contributed by atoms with Gasteiger partial charge in [-0.3, -0.25) is 9.48 Å². The molecular formula is C23H16BrF5N4O. The molecule has 5 nitrogen and oxygen atoms in total. The number of benzene rings is 2. The van der Waals surface area contributed by atoms with Gasteiger partial charge in [0.25, 0.3) is 5.91 Å². The molecule has 0 bridgehead atoms. The van der Waals surface area contributed by atoms with E-state index in [2.05, 4.69) is 31.3 Å². The zero-order valence-electron chi connectivity index (χ0n) is 17.8. The van der Waals surface area contributed by atoms with E-state index < -0.39 is 29.4 Å². The van der Waals surface area contributed by atoms with E-state index >= 15 is 0 Å². The smallest absolute Gasteiger partial charge is 0.319 e. The number of rotatable bonds is 4. The molecule has 0 radical (unpaired) electrons. The Kier molecular flexibility index (Phi) is 6.15. The van der Waals surface area contributed by atoms with E-state index in [4.69, 9.17) is 0 Å². The topological polar surface area (TPSA) is 59.8 Å². The first-order chi connectivity index (χ1) is 16.0. The first kappa shape index (κ1) is 23.8. The van der Waals surface area contributed by atoms with Crippen LogP contribution >= 0.6 is 15.9 Å². The molecule has 0 atom stereocenters. The molecule has 4 rings (SSSR count). The number of hydrogen-bond donors (Lipinski definition) is 1. The van der Waals surface area contributed by atoms with Crippen molar-refractivity contribution >= 4 is 38.4 Å². The number of carbonyl (C=O) groups is 1. The third-order valence-corrected chi connectivity index (χ3v) is 5.79. The van der Waals surface area contributed by atoms with Gasteiger partial charge in [-0.2, -0.15) is 18.3 Å². The van der Waals surface area contributed by atoms with Crippen molar-refractivity contribution in [2.45, 2.75) is 26.6 Å². The first-order valence-electron chi connectivity index (χ1n) is 9.91. The Labute approximate surface area is 198 Å². The lowest BCUT2D eigenvalue weighted by molar-refractivity contribution is -0.140. The number of aryl methyl sites for hydroxylation is 1. The van der Waals surface area contributed by atoms with E-state index in [1.807, 2.05) is 0 Å². The standard InChI is InChI=1S/C23H16BrF5N4O/c1-11-21(12(2)33(32-11)10-16-17(25)4-3-5-18(16)26)31-22(34)15-9-20(23(27,28)29)30-19-7-6-13(24)8-14(15)19/h3-9H,10H2,1-2H3,(H,31,34). The Balaban J connectivity index is 1.73. The summed E-state index contributed by atoms with van der Waals surface area (Å²) < 4.78 is 70.2. The molecule has 0 aliphatic carbocycles. The van der Waals surface area contributed by atoms with Crippen molar-refractivity contribution < 1.29 is 26.7 Å². The molecule has 1 amide bonds. The second kappa shape index (κ2) is 8.79. The summed E-state index contributed by atoms with van der Waals surface area (Å²) >= 11 is 3.25. The van der Waals surface area contributed by atoms with Crippen LogP contribution in [-0.2, 0) is 12.7 Å². The molecule has 2 aromatic carbocycles. The van der Waals surface area contributed by atoms with E-state index in [0.29, 0.717) is 21.9 Å². The molecule has 4 aromatic rings. The molecule has 11 heteroatoms. The number of halogens is 6. The van der Waals surface area contributed by atoms with Crippen LogP contribution in [0.1, 0.15) is 33.0 Å². The van der Waals surface area contributed by atoms with Crippen LogP contribution in [-0.4, -0.2) is 20.7 Å². The number of anilines is 1. The van der Waals surface area contributed by atoms with Crippen LogP contribution in [0.25, 0.3) is 10.9 Å². The third-order valence-electron chi connectivity index (χ3n) is 5.30. The molecule has 0 aliphatic heterocycles. The van der Waals surface area contributed by atoms with Gasteiger partial charge in [-0.1, -0.05) is 22.0 Å². The molecule has 0 aliphatic rings. The summed E-state index contributed by atoms with van der Waals surface area (Å²) in [5.41, 5.74) is -0.692. The molecule has 0 saturated heterocycles. The Hall–Kier alpha value is -3.34. The number of hydrogen-bond acceptors (Lipinski definition) is 3. The summed E-state index contributed by atoms with van der Waals surface area (Å²) in [5, 5.41) is 7.06. The lowest BCUT2D eigenvalue weighted by Crippen LogP contribution is -2.17. The highest BCUT2D eigenvalue weighted by Crippen LogP contribution is 2.33. The van der Waals surface area contributed by atoms with Gasteiger partial charge < -0.3 is 5.32 Å². The minimum atomic E-state index is -4.75. The maximum atomic E-state index is 14.1. The highest BCUT2D eigenvalue weighted by molar-refractivity contribution is 9.10. The van der Waals surface area contributed by atoms with Gasteiger partial charge in [0.15, 0.2) is 0 Å². The quantitative estimate of drug-likeness (QED) is 0.305. The Morgan fingerprint density at radius 2 is 1.76 bits per heavy atom. The van der Waals surface area contributed by atoms with Crippen LogP contribution in [0.2, 0.25) is 0 Å². The number of nitrogens with zero attached hydrogens (tertiary/aromatic N) is 3. The Morgan fingerprint density at radius 1 is 1.09 bits per heavy atom. The van der Waals surface area contributed by atoms with E-state index in [0.717, 1.165) is 12.1 Å². The molecule has 0 fully saturated rings. The summed E-state index contributed by atoms with van der Waals surface area (Å²) in [6, 6.07) is 8.58. The summed E-state index contributed by atoms with van der Waals surface area (Å²) in [6.45, 7) is 2.92. The number of pyridine rings is 1. The number of alkyl halides is 3. The fourth-order valence-corrected chi connectivity index (χ4v) is 3.94. The molecule has 34 heavy (non-hydrogen) atoms. The van der Waals surface area contributed by atoms with Gasteiger partial charge in [0, 0.05) is 15.4 Å². The summed E-state index contributed by atoms with van der Waals surface area (Å²) in [7, 11) is 0. The summed E-state index contributed by atoms with van der Waals surface area (Å²) in [5.74, 6) is -2.29. The predicted molar refractivity (Wildman–Crippen MR) is 120 cm³/mol. The fraction of sp³-hybridized carbons (Fsp3) is 0.174. The van der Waals surface area contributed by atoms with Crippen molar-refractivity contribution in [2.24, 2.45) is 0 Å². The van der Waals surface area contributed by atoms with Gasteiger partial charge in [0.1, 0.15) is 17.3 Å². The van der Waals surface area contributed by atoms with Gasteiger partial charge in [-0.25, -0.2) is 13.8 Å². The van der Waals surface area contributed by atoms with Crippen LogP contribution < -0.4 is 5.32 Å². The van der Waals surface area contributed by atoms with Gasteiger partial charge >= 0.3 is 6.18 Å². The number of carbonyl (C=O) groups excluding carboxylic acids is 1. The normalized spacial score (nSPS) is 11.8. The molecule has 1 N–H and O–H groups in total. The van der Waals surface area contributed by atoms with Crippen molar-refractivity contribution in [3.8, 4) is 0 Å². The van der Waals surface area contributed by atoms with Gasteiger partial charge in [-0.05, 0) is 50.2 Å². The average molecular weight is 539 g/mol. The van der Waals surface area contributed by atoms with Crippen molar-refractivity contribution in [3.63, 3.8) is 0 Å². The Bertz CT molecular complexity index is 1410. The molecule has 2 aromatic heterocycles. The van der Waals surface area contributed by atoms with Crippen molar-refractivity contribution in [3.05, 3.63) is 86.8 Å². The van der Waals surface area contributed by atoms with Gasteiger partial charge in [0.2, 0.25) is 0 Å². The van der Waals surface area contributed by atoms with Crippen LogP contribution in [0.5, 0.6) is 0 Å². The molecule has 2 heterocycles. The maximum Gasteiger partial charge on any atom is 0.433 e. The van der Waals surface area contributed by atoms with Gasteiger partial charge in [-0.15, -0.1) is 0 Å². The molecular weight excluding hydrogens is 523 g/mol. The van der Waals surface area contributed by atoms with E-state index in [-0.39, 0.29) is 34.3 Å². The SMILES string of the molecule is Cc1nn(Cc2c(F)cccc2F)c(C)c1NC(=O)c1cc(C(F)(F)F)nc2ccc(Br)cc12. The zero-order chi connectivity index (χ0) is 24.8. The summed E-state index contributed by atoms with van der Waals surface area (Å²) in [6.07, 6.45) is -4.75. The highest BCUT2D eigenvalue weighted by atomic mass is 79.9. The Morgan fingerprint density at radius 3 is 2.41 bits per heavy atom. The van der Waals surface area contributed by atoms with Crippen LogP contribution in [0.3, 0.4) is 0 Å². The first-order valence-corrected chi connectivity index (χ1v) is 10.7. The van der Waals surface area contributed by atoms with Gasteiger partial charge in [0.05, 0.1) is 34.7 Å². The highest BCUT2D eigenvalue weighted by Gasteiger charge is 2.34. The maximum absolute atomic E-state index is 14.1. The number of amides is 1. The number of aromatic nitrogens is 3. The second-order valence-corrected chi connectivity index (χ2v) is 8.49. The lowest BCUT2D eigenvalue weighted by Gasteiger charge is -2.13. The number of nitrogens with one attached hydrogen (secondary N) is 1. The second-order valence-electron chi connectivity index (χ2n) is 7.57. The molecule has 176 valence electrons. The minimum absolute atomic E-state index is 0.00217. The monoisotopic (exact) mass is 538 g/mol. The molecule has 0 saturated carbocycles. The largest absolute Gasteiger partial charge is 0.433 e. The molecule has 0 spiro atoms. The van der Waals surface area contributed by atoms with E-state index in [1.54, 1.807) is 13.8 Å². The summed E-state index contributed by atoms with van der Waals surface area (Å²) in [4.78, 5) is 16.7. The van der Waals surface area contributed by atoms with Crippen LogP contribution in [0.15, 0.2) is 46.9 Å². The third kappa shape index (κ3) is 4.52. The average Bonchev–Trinajstić information content (AvgIpc) is 3.02. The molecule has 0 unspecified atom stereocenters. The minimum Gasteiger partial charge on any atom is -0.319 e.